The number of aryl methyl sites for hydroxylation is 1. The first-order valence-corrected chi connectivity index (χ1v) is 8.44. The average Bonchev–Trinajstić information content (AvgIpc) is 2.88. The molecule has 0 aliphatic heterocycles. The van der Waals surface area contributed by atoms with Crippen LogP contribution in [0.3, 0.4) is 0 Å². The van der Waals surface area contributed by atoms with E-state index in [1.807, 2.05) is 6.92 Å². The Bertz CT molecular complexity index is 863. The van der Waals surface area contributed by atoms with Crippen molar-refractivity contribution in [3.8, 4) is 0 Å². The van der Waals surface area contributed by atoms with Crippen LogP contribution in [0.25, 0.3) is 10.2 Å². The Morgan fingerprint density at radius 2 is 2.13 bits per heavy atom. The third-order valence-corrected chi connectivity index (χ3v) is 4.34. The Hall–Kier alpha value is -2.28. The Morgan fingerprint density at radius 1 is 1.30 bits per heavy atom. The standard InChI is InChI=1S/C16H19N5OS/c1-9(2)6-11-8-23-16-14(11)15(18-10(3)19-16)17-7-12-4-5-13(22)21-20-12/h4-5,8-9H,6-7H2,1-3H3,(H,21,22)(H,17,18,19). The molecule has 0 aliphatic carbocycles. The van der Waals surface area contributed by atoms with Crippen molar-refractivity contribution in [2.45, 2.75) is 33.7 Å². The summed E-state index contributed by atoms with van der Waals surface area (Å²) in [5, 5.41) is 13.1. The van der Waals surface area contributed by atoms with Gasteiger partial charge < -0.3 is 5.32 Å². The van der Waals surface area contributed by atoms with Crippen LogP contribution in [0.4, 0.5) is 5.82 Å². The predicted molar refractivity (Wildman–Crippen MR) is 92.9 cm³/mol. The van der Waals surface area contributed by atoms with E-state index >= 15 is 0 Å². The number of H-pyrrole nitrogens is 1. The van der Waals surface area contributed by atoms with E-state index < -0.39 is 0 Å². The van der Waals surface area contributed by atoms with Gasteiger partial charge in [-0.3, -0.25) is 4.79 Å². The van der Waals surface area contributed by atoms with Gasteiger partial charge in [0.1, 0.15) is 16.5 Å². The molecule has 0 unspecified atom stereocenters. The summed E-state index contributed by atoms with van der Waals surface area (Å²) in [5.74, 6) is 2.15. The Morgan fingerprint density at radius 3 is 2.83 bits per heavy atom. The molecule has 0 aromatic carbocycles. The second-order valence-corrected chi connectivity index (χ2v) is 6.78. The van der Waals surface area contributed by atoms with Crippen LogP contribution in [-0.4, -0.2) is 20.2 Å². The number of aromatic amines is 1. The van der Waals surface area contributed by atoms with Gasteiger partial charge in [-0.1, -0.05) is 13.8 Å². The molecular weight excluding hydrogens is 310 g/mol. The molecule has 3 rings (SSSR count). The quantitative estimate of drug-likeness (QED) is 0.752. The van der Waals surface area contributed by atoms with Crippen molar-refractivity contribution in [1.29, 1.82) is 0 Å². The maximum atomic E-state index is 11.1. The van der Waals surface area contributed by atoms with Gasteiger partial charge in [0.05, 0.1) is 17.6 Å². The molecule has 0 radical (unpaired) electrons. The van der Waals surface area contributed by atoms with Crippen LogP contribution in [-0.2, 0) is 13.0 Å². The molecule has 3 aromatic heterocycles. The number of fused-ring (bicyclic) bond motifs is 1. The normalized spacial score (nSPS) is 11.3. The molecule has 120 valence electrons. The van der Waals surface area contributed by atoms with Crippen LogP contribution in [0.1, 0.15) is 30.9 Å². The minimum Gasteiger partial charge on any atom is -0.364 e. The first-order chi connectivity index (χ1) is 11.0. The van der Waals surface area contributed by atoms with Crippen LogP contribution in [0, 0.1) is 12.8 Å². The summed E-state index contributed by atoms with van der Waals surface area (Å²) in [6, 6.07) is 3.18. The molecule has 0 fully saturated rings. The average molecular weight is 329 g/mol. The maximum Gasteiger partial charge on any atom is 0.264 e. The van der Waals surface area contributed by atoms with Gasteiger partial charge in [-0.2, -0.15) is 5.10 Å². The van der Waals surface area contributed by atoms with Gasteiger partial charge in [0.15, 0.2) is 0 Å². The molecule has 0 saturated carbocycles. The largest absolute Gasteiger partial charge is 0.364 e. The van der Waals surface area contributed by atoms with Crippen LogP contribution < -0.4 is 10.9 Å². The lowest BCUT2D eigenvalue weighted by Crippen LogP contribution is -2.11. The fourth-order valence-electron chi connectivity index (χ4n) is 2.47. The van der Waals surface area contributed by atoms with E-state index in [1.165, 1.54) is 11.6 Å². The van der Waals surface area contributed by atoms with Crippen LogP contribution in [0.15, 0.2) is 22.3 Å². The molecular formula is C16H19N5OS. The first-order valence-electron chi connectivity index (χ1n) is 7.56. The second kappa shape index (κ2) is 6.45. The van der Waals surface area contributed by atoms with E-state index in [4.69, 9.17) is 0 Å². The summed E-state index contributed by atoms with van der Waals surface area (Å²) in [5.41, 5.74) is 1.83. The van der Waals surface area contributed by atoms with Gasteiger partial charge in [0.2, 0.25) is 0 Å². The Kier molecular flexibility index (Phi) is 4.38. The third kappa shape index (κ3) is 3.56. The maximum absolute atomic E-state index is 11.1. The zero-order valence-electron chi connectivity index (χ0n) is 13.4. The number of anilines is 1. The van der Waals surface area contributed by atoms with Crippen molar-refractivity contribution in [1.82, 2.24) is 20.2 Å². The van der Waals surface area contributed by atoms with Crippen molar-refractivity contribution in [2.24, 2.45) is 5.92 Å². The summed E-state index contributed by atoms with van der Waals surface area (Å²) in [7, 11) is 0. The molecule has 23 heavy (non-hydrogen) atoms. The van der Waals surface area contributed by atoms with Gasteiger partial charge in [-0.15, -0.1) is 11.3 Å². The highest BCUT2D eigenvalue weighted by molar-refractivity contribution is 7.17. The summed E-state index contributed by atoms with van der Waals surface area (Å²) in [4.78, 5) is 21.2. The van der Waals surface area contributed by atoms with E-state index in [0.29, 0.717) is 12.5 Å². The highest BCUT2D eigenvalue weighted by Crippen LogP contribution is 2.31. The fourth-order valence-corrected chi connectivity index (χ4v) is 3.47. The molecule has 0 spiro atoms. The summed E-state index contributed by atoms with van der Waals surface area (Å²) < 4.78 is 0. The summed E-state index contributed by atoms with van der Waals surface area (Å²) >= 11 is 1.65. The third-order valence-electron chi connectivity index (χ3n) is 3.42. The smallest absolute Gasteiger partial charge is 0.264 e. The van der Waals surface area contributed by atoms with E-state index in [-0.39, 0.29) is 5.56 Å². The zero-order chi connectivity index (χ0) is 16.4. The second-order valence-electron chi connectivity index (χ2n) is 5.92. The SMILES string of the molecule is Cc1nc(NCc2ccc(=O)[nH]n2)c2c(CC(C)C)csc2n1. The lowest BCUT2D eigenvalue weighted by molar-refractivity contribution is 0.651. The van der Waals surface area contributed by atoms with Gasteiger partial charge in [-0.05, 0) is 36.3 Å². The molecule has 0 aliphatic rings. The molecule has 7 heteroatoms. The van der Waals surface area contributed by atoms with E-state index in [2.05, 4.69) is 44.7 Å². The number of rotatable bonds is 5. The molecule has 0 amide bonds. The lowest BCUT2D eigenvalue weighted by atomic mass is 10.0. The van der Waals surface area contributed by atoms with E-state index in [1.54, 1.807) is 17.4 Å². The van der Waals surface area contributed by atoms with Crippen molar-refractivity contribution in [3.05, 3.63) is 44.9 Å². The molecule has 0 atom stereocenters. The molecule has 3 aromatic rings. The Balaban J connectivity index is 1.93. The van der Waals surface area contributed by atoms with Crippen LogP contribution >= 0.6 is 11.3 Å². The molecule has 2 N–H and O–H groups in total. The first kappa shape index (κ1) is 15.6. The van der Waals surface area contributed by atoms with Gasteiger partial charge in [0, 0.05) is 6.07 Å². The number of aromatic nitrogens is 4. The lowest BCUT2D eigenvalue weighted by Gasteiger charge is -2.10. The monoisotopic (exact) mass is 329 g/mol. The highest BCUT2D eigenvalue weighted by Gasteiger charge is 2.14. The number of hydrogen-bond donors (Lipinski definition) is 2. The van der Waals surface area contributed by atoms with E-state index in [9.17, 15) is 4.79 Å². The molecule has 0 bridgehead atoms. The highest BCUT2D eigenvalue weighted by atomic mass is 32.1. The van der Waals surface area contributed by atoms with Crippen molar-refractivity contribution in [2.75, 3.05) is 5.32 Å². The number of thiophene rings is 1. The van der Waals surface area contributed by atoms with Crippen LogP contribution in [0.5, 0.6) is 0 Å². The Labute approximate surface area is 138 Å². The van der Waals surface area contributed by atoms with Crippen molar-refractivity contribution < 1.29 is 0 Å². The topological polar surface area (TPSA) is 83.6 Å². The number of nitrogens with one attached hydrogen (secondary N) is 2. The molecule has 3 heterocycles. The zero-order valence-corrected chi connectivity index (χ0v) is 14.2. The van der Waals surface area contributed by atoms with E-state index in [0.717, 1.165) is 34.0 Å². The van der Waals surface area contributed by atoms with Crippen molar-refractivity contribution >= 4 is 27.4 Å². The summed E-state index contributed by atoms with van der Waals surface area (Å²) in [6.45, 7) is 6.80. The molecule has 6 nitrogen and oxygen atoms in total. The van der Waals surface area contributed by atoms with Gasteiger partial charge >= 0.3 is 0 Å². The molecule has 0 saturated heterocycles. The fraction of sp³-hybridized carbons (Fsp3) is 0.375. The van der Waals surface area contributed by atoms with Crippen molar-refractivity contribution in [3.63, 3.8) is 0 Å². The van der Waals surface area contributed by atoms with Gasteiger partial charge in [-0.25, -0.2) is 15.1 Å². The number of nitrogens with zero attached hydrogens (tertiary/aromatic N) is 3. The van der Waals surface area contributed by atoms with Crippen LogP contribution in [0.2, 0.25) is 0 Å². The minimum absolute atomic E-state index is 0.203. The minimum atomic E-state index is -0.203. The predicted octanol–water partition coefficient (Wildman–Crippen LogP) is 2.89. The summed E-state index contributed by atoms with van der Waals surface area (Å²) in [6.07, 6.45) is 0.998. The number of hydrogen-bond acceptors (Lipinski definition) is 6. The van der Waals surface area contributed by atoms with Gasteiger partial charge in [0.25, 0.3) is 5.56 Å².